The second-order valence-electron chi connectivity index (χ2n) is 11.0. The Morgan fingerprint density at radius 1 is 0.486 bits per heavy atom. The monoisotopic (exact) mass is 542 g/mol. The van der Waals surface area contributed by atoms with Crippen molar-refractivity contribution in [2.45, 2.75) is 57.4 Å². The molecule has 0 aromatic heterocycles. The molecule has 0 amide bonds. The van der Waals surface area contributed by atoms with Crippen LogP contribution >= 0.6 is 7.82 Å². The van der Waals surface area contributed by atoms with Crippen LogP contribution in [0.3, 0.4) is 0 Å². The third-order valence-electron chi connectivity index (χ3n) is 5.49. The molecule has 4 nitrogen and oxygen atoms in total. The maximum absolute atomic E-state index is 14.5. The first-order valence-corrected chi connectivity index (χ1v) is 23.0. The summed E-state index contributed by atoms with van der Waals surface area (Å²) in [7, 11) is -11.1. The van der Waals surface area contributed by atoms with Gasteiger partial charge in [-0.3, -0.25) is 0 Å². The standard InChI is InChI=1S/C27H39O4PSi3/c1-33(2,22-25-16-10-7-11-17-25)29-32(28,30-34(3,4)23-26-18-12-8-13-19-26)31-35(5,6)24-27-20-14-9-15-21-27/h7-21H,22-24H2,1-6H3. The van der Waals surface area contributed by atoms with Gasteiger partial charge in [0.05, 0.1) is 0 Å². The van der Waals surface area contributed by atoms with Crippen molar-refractivity contribution in [2.24, 2.45) is 0 Å². The van der Waals surface area contributed by atoms with Crippen molar-refractivity contribution in [1.82, 2.24) is 0 Å². The molecule has 188 valence electrons. The largest absolute Gasteiger partial charge is 0.445 e. The fraction of sp³-hybridized carbons (Fsp3) is 0.333. The molecule has 0 heterocycles. The first-order chi connectivity index (χ1) is 16.4. The number of hydrogen-bond acceptors (Lipinski definition) is 4. The van der Waals surface area contributed by atoms with E-state index in [1.807, 2.05) is 54.6 Å². The predicted octanol–water partition coefficient (Wildman–Crippen LogP) is 8.11. The van der Waals surface area contributed by atoms with Crippen molar-refractivity contribution < 1.29 is 17.2 Å². The van der Waals surface area contributed by atoms with E-state index < -0.39 is 32.8 Å². The molecule has 3 aromatic rings. The van der Waals surface area contributed by atoms with E-state index in [2.05, 4.69) is 75.7 Å². The summed E-state index contributed by atoms with van der Waals surface area (Å²) < 4.78 is 34.0. The third-order valence-corrected chi connectivity index (χ3v) is 17.9. The lowest BCUT2D eigenvalue weighted by atomic mass is 10.2. The van der Waals surface area contributed by atoms with Gasteiger partial charge >= 0.3 is 7.82 Å². The van der Waals surface area contributed by atoms with E-state index in [4.69, 9.17) is 12.6 Å². The number of hydrogen-bond donors (Lipinski definition) is 0. The van der Waals surface area contributed by atoms with E-state index in [1.165, 1.54) is 16.7 Å². The zero-order valence-electron chi connectivity index (χ0n) is 21.9. The van der Waals surface area contributed by atoms with Crippen LogP contribution in [-0.2, 0) is 35.3 Å². The van der Waals surface area contributed by atoms with E-state index in [-0.39, 0.29) is 0 Å². The van der Waals surface area contributed by atoms with Crippen LogP contribution in [0, 0.1) is 0 Å². The molecule has 0 bridgehead atoms. The van der Waals surface area contributed by atoms with Gasteiger partial charge in [-0.1, -0.05) is 91.0 Å². The minimum Gasteiger partial charge on any atom is -0.331 e. The van der Waals surface area contributed by atoms with Crippen LogP contribution in [0.1, 0.15) is 16.7 Å². The molecular weight excluding hydrogens is 504 g/mol. The van der Waals surface area contributed by atoms with Gasteiger partial charge in [-0.15, -0.1) is 0 Å². The molecule has 0 aliphatic heterocycles. The van der Waals surface area contributed by atoms with Gasteiger partial charge in [0.15, 0.2) is 0 Å². The van der Waals surface area contributed by atoms with Crippen molar-refractivity contribution >= 4 is 32.8 Å². The Hall–Kier alpha value is -1.58. The van der Waals surface area contributed by atoms with Crippen molar-refractivity contribution in [3.63, 3.8) is 0 Å². The zero-order chi connectivity index (χ0) is 25.6. The topological polar surface area (TPSA) is 44.8 Å². The lowest BCUT2D eigenvalue weighted by Crippen LogP contribution is -2.41. The number of phosphoric acid groups is 1. The highest BCUT2D eigenvalue weighted by atomic mass is 31.2. The van der Waals surface area contributed by atoms with Crippen LogP contribution < -0.4 is 0 Å². The smallest absolute Gasteiger partial charge is 0.331 e. The van der Waals surface area contributed by atoms with Gasteiger partial charge < -0.3 is 12.6 Å². The molecule has 0 aliphatic carbocycles. The summed E-state index contributed by atoms with van der Waals surface area (Å²) >= 11 is 0. The molecule has 0 radical (unpaired) electrons. The van der Waals surface area contributed by atoms with Crippen molar-refractivity contribution in [3.8, 4) is 0 Å². The molecule has 0 saturated heterocycles. The Labute approximate surface area is 214 Å². The Morgan fingerprint density at radius 3 is 0.943 bits per heavy atom. The minimum absolute atomic E-state index is 0.742. The maximum Gasteiger partial charge on any atom is 0.445 e. The molecular formula is C27H39O4PSi3. The highest BCUT2D eigenvalue weighted by Gasteiger charge is 2.45. The highest BCUT2D eigenvalue weighted by molar-refractivity contribution is 7.53. The predicted molar refractivity (Wildman–Crippen MR) is 154 cm³/mol. The fourth-order valence-corrected chi connectivity index (χ4v) is 17.5. The fourth-order valence-electron chi connectivity index (χ4n) is 4.32. The normalized spacial score (nSPS) is 13.1. The molecule has 3 aromatic carbocycles. The van der Waals surface area contributed by atoms with Crippen molar-refractivity contribution in [1.29, 1.82) is 0 Å². The molecule has 35 heavy (non-hydrogen) atoms. The molecule has 0 fully saturated rings. The zero-order valence-corrected chi connectivity index (χ0v) is 25.8. The number of benzene rings is 3. The molecule has 8 heteroatoms. The summed E-state index contributed by atoms with van der Waals surface area (Å²) in [5, 5.41) is 0. The van der Waals surface area contributed by atoms with E-state index >= 15 is 0 Å². The van der Waals surface area contributed by atoms with Crippen molar-refractivity contribution in [3.05, 3.63) is 108 Å². The first kappa shape index (κ1) is 28.0. The molecule has 0 saturated carbocycles. The van der Waals surface area contributed by atoms with Gasteiger partial charge in [-0.05, 0) is 74.1 Å². The summed E-state index contributed by atoms with van der Waals surface area (Å²) in [4.78, 5) is 0. The van der Waals surface area contributed by atoms with Crippen LogP contribution in [0.2, 0.25) is 39.3 Å². The first-order valence-electron chi connectivity index (χ1n) is 12.2. The summed E-state index contributed by atoms with van der Waals surface area (Å²) in [5.74, 6) is 0. The summed E-state index contributed by atoms with van der Waals surface area (Å²) in [6, 6.07) is 32.9. The Bertz CT molecular complexity index is 966. The van der Waals surface area contributed by atoms with E-state index in [0.717, 1.165) is 18.1 Å². The molecule has 0 atom stereocenters. The van der Waals surface area contributed by atoms with Crippen molar-refractivity contribution in [2.75, 3.05) is 0 Å². The van der Waals surface area contributed by atoms with Crippen LogP contribution in [0.25, 0.3) is 0 Å². The van der Waals surface area contributed by atoms with Gasteiger partial charge in [0.25, 0.3) is 0 Å². The third kappa shape index (κ3) is 9.77. The van der Waals surface area contributed by atoms with Gasteiger partial charge in [0.2, 0.25) is 25.0 Å². The molecule has 0 aliphatic rings. The minimum atomic E-state index is -3.81. The summed E-state index contributed by atoms with van der Waals surface area (Å²) in [6.45, 7) is 12.6. The van der Waals surface area contributed by atoms with E-state index in [0.29, 0.717) is 0 Å². The SMILES string of the molecule is C[Si](C)(Cc1ccccc1)OP(=O)(O[Si](C)(C)Cc1ccccc1)O[Si](C)(C)Cc1ccccc1. The summed E-state index contributed by atoms with van der Waals surface area (Å²) in [6.07, 6.45) is 0. The van der Waals surface area contributed by atoms with Crippen LogP contribution in [-0.4, -0.2) is 25.0 Å². The molecule has 0 spiro atoms. The van der Waals surface area contributed by atoms with Gasteiger partial charge in [0.1, 0.15) is 0 Å². The van der Waals surface area contributed by atoms with Gasteiger partial charge in [-0.2, -0.15) is 0 Å². The average molecular weight is 543 g/mol. The average Bonchev–Trinajstić information content (AvgIpc) is 2.73. The van der Waals surface area contributed by atoms with E-state index in [9.17, 15) is 4.57 Å². The molecule has 3 rings (SSSR count). The van der Waals surface area contributed by atoms with Gasteiger partial charge in [0, 0.05) is 0 Å². The van der Waals surface area contributed by atoms with Crippen LogP contribution in [0.5, 0.6) is 0 Å². The second kappa shape index (κ2) is 11.6. The summed E-state index contributed by atoms with van der Waals surface area (Å²) in [5.41, 5.74) is 3.53. The lowest BCUT2D eigenvalue weighted by molar-refractivity contribution is 0.288. The lowest BCUT2D eigenvalue weighted by Gasteiger charge is -2.37. The van der Waals surface area contributed by atoms with Crippen LogP contribution in [0.15, 0.2) is 91.0 Å². The molecule has 0 unspecified atom stereocenters. The van der Waals surface area contributed by atoms with Crippen LogP contribution in [0.4, 0.5) is 0 Å². The molecule has 0 N–H and O–H groups in total. The maximum atomic E-state index is 14.5. The quantitative estimate of drug-likeness (QED) is 0.171. The number of rotatable bonds is 12. The Balaban J connectivity index is 1.85. The highest BCUT2D eigenvalue weighted by Crippen LogP contribution is 2.56. The van der Waals surface area contributed by atoms with E-state index in [1.54, 1.807) is 0 Å². The Kier molecular flexibility index (Phi) is 9.32. The Morgan fingerprint density at radius 2 is 0.714 bits per heavy atom. The van der Waals surface area contributed by atoms with Gasteiger partial charge in [-0.25, -0.2) is 4.57 Å². The second-order valence-corrected chi connectivity index (χ2v) is 25.7.